The summed E-state index contributed by atoms with van der Waals surface area (Å²) < 4.78 is 5.44. The molecule has 0 aliphatic heterocycles. The Kier molecular flexibility index (Phi) is 5.88. The largest absolute Gasteiger partial charge is 0.409 e. The fraction of sp³-hybridized carbons (Fsp3) is 0.923. The van der Waals surface area contributed by atoms with Gasteiger partial charge in [0.25, 0.3) is 0 Å². The van der Waals surface area contributed by atoms with Crippen molar-refractivity contribution in [3.05, 3.63) is 0 Å². The Bertz CT molecular complexity index is 279. The van der Waals surface area contributed by atoms with Gasteiger partial charge in [0.1, 0.15) is 5.84 Å². The molecule has 0 aromatic rings. The van der Waals surface area contributed by atoms with Gasteiger partial charge < -0.3 is 21.0 Å². The van der Waals surface area contributed by atoms with E-state index in [1.54, 1.807) is 7.11 Å². The van der Waals surface area contributed by atoms with Crippen molar-refractivity contribution in [2.24, 2.45) is 16.3 Å². The molecule has 0 aromatic heterocycles. The third-order valence-electron chi connectivity index (χ3n) is 3.94. The summed E-state index contributed by atoms with van der Waals surface area (Å²) >= 11 is 0. The predicted octanol–water partition coefficient (Wildman–Crippen LogP) is 1.70. The van der Waals surface area contributed by atoms with Gasteiger partial charge in [0.15, 0.2) is 0 Å². The maximum Gasteiger partial charge on any atom is 0.144 e. The van der Waals surface area contributed by atoms with Gasteiger partial charge in [-0.25, -0.2) is 0 Å². The second-order valence-electron chi connectivity index (χ2n) is 5.74. The van der Waals surface area contributed by atoms with E-state index in [-0.39, 0.29) is 5.41 Å². The molecule has 2 unspecified atom stereocenters. The summed E-state index contributed by atoms with van der Waals surface area (Å²) in [5, 5.41) is 15.3. The number of hydrogen-bond donors (Lipinski definition) is 3. The van der Waals surface area contributed by atoms with E-state index in [1.165, 1.54) is 12.8 Å². The molecule has 1 aliphatic rings. The van der Waals surface area contributed by atoms with E-state index in [2.05, 4.69) is 10.5 Å². The van der Waals surface area contributed by atoms with Crippen LogP contribution in [0.25, 0.3) is 0 Å². The quantitative estimate of drug-likeness (QED) is 0.213. The van der Waals surface area contributed by atoms with E-state index in [9.17, 15) is 0 Å². The van der Waals surface area contributed by atoms with Gasteiger partial charge in [0, 0.05) is 18.6 Å². The van der Waals surface area contributed by atoms with Crippen molar-refractivity contribution < 1.29 is 9.94 Å². The lowest BCUT2D eigenvalue weighted by molar-refractivity contribution is 0.0850. The molecule has 0 spiro atoms. The minimum atomic E-state index is -0.243. The third-order valence-corrected chi connectivity index (χ3v) is 3.94. The number of rotatable bonds is 7. The molecule has 0 aromatic carbocycles. The van der Waals surface area contributed by atoms with E-state index in [1.807, 2.05) is 13.8 Å². The van der Waals surface area contributed by atoms with Gasteiger partial charge >= 0.3 is 0 Å². The highest BCUT2D eigenvalue weighted by Crippen LogP contribution is 2.23. The number of hydrogen-bond acceptors (Lipinski definition) is 4. The monoisotopic (exact) mass is 257 g/mol. The molecule has 0 heterocycles. The van der Waals surface area contributed by atoms with Crippen LogP contribution in [0.2, 0.25) is 0 Å². The maximum absolute atomic E-state index is 8.70. The van der Waals surface area contributed by atoms with Crippen molar-refractivity contribution in [2.75, 3.05) is 13.7 Å². The van der Waals surface area contributed by atoms with Crippen LogP contribution in [0, 0.1) is 5.41 Å². The number of oxime groups is 1. The van der Waals surface area contributed by atoms with Crippen molar-refractivity contribution in [3.8, 4) is 0 Å². The van der Waals surface area contributed by atoms with E-state index >= 15 is 0 Å². The van der Waals surface area contributed by atoms with E-state index in [0.29, 0.717) is 18.0 Å². The van der Waals surface area contributed by atoms with E-state index in [4.69, 9.17) is 15.7 Å². The Morgan fingerprint density at radius 2 is 2.22 bits per heavy atom. The van der Waals surface area contributed by atoms with Crippen LogP contribution in [0.1, 0.15) is 46.0 Å². The van der Waals surface area contributed by atoms with Crippen molar-refractivity contribution in [3.63, 3.8) is 0 Å². The minimum Gasteiger partial charge on any atom is -0.409 e. The fourth-order valence-electron chi connectivity index (χ4n) is 2.52. The zero-order valence-corrected chi connectivity index (χ0v) is 11.8. The molecular weight excluding hydrogens is 230 g/mol. The molecular formula is C13H27N3O2. The molecule has 1 aliphatic carbocycles. The van der Waals surface area contributed by atoms with Gasteiger partial charge in [-0.15, -0.1) is 0 Å². The van der Waals surface area contributed by atoms with Crippen LogP contribution in [0.3, 0.4) is 0 Å². The molecule has 106 valence electrons. The van der Waals surface area contributed by atoms with Gasteiger partial charge in [-0.2, -0.15) is 0 Å². The van der Waals surface area contributed by atoms with Crippen molar-refractivity contribution in [2.45, 2.75) is 58.1 Å². The fourth-order valence-corrected chi connectivity index (χ4v) is 2.52. The number of nitrogens with zero attached hydrogens (tertiary/aromatic N) is 1. The first-order chi connectivity index (χ1) is 8.51. The molecule has 1 fully saturated rings. The van der Waals surface area contributed by atoms with Gasteiger partial charge in [-0.3, -0.25) is 0 Å². The molecule has 0 amide bonds. The number of amidine groups is 1. The highest BCUT2D eigenvalue weighted by Gasteiger charge is 2.27. The van der Waals surface area contributed by atoms with Crippen molar-refractivity contribution in [1.82, 2.24) is 5.32 Å². The molecule has 0 saturated heterocycles. The Hall–Kier alpha value is -0.810. The number of methoxy groups -OCH3 is 1. The van der Waals surface area contributed by atoms with Crippen LogP contribution in [0.15, 0.2) is 5.16 Å². The van der Waals surface area contributed by atoms with Crippen LogP contribution in [0.4, 0.5) is 0 Å². The van der Waals surface area contributed by atoms with Gasteiger partial charge in [-0.05, 0) is 38.6 Å². The maximum atomic E-state index is 8.70. The average molecular weight is 257 g/mol. The normalized spacial score (nSPS) is 25.6. The second kappa shape index (κ2) is 6.95. The number of ether oxygens (including phenoxy) is 1. The lowest BCUT2D eigenvalue weighted by Gasteiger charge is -2.24. The third kappa shape index (κ3) is 4.14. The Balaban J connectivity index is 2.22. The van der Waals surface area contributed by atoms with Gasteiger partial charge in [0.05, 0.1) is 6.10 Å². The molecule has 2 atom stereocenters. The SMILES string of the molecule is COC1CCCC1NCCCC(C)(C)C(N)=NO. The van der Waals surface area contributed by atoms with Crippen molar-refractivity contribution >= 4 is 5.84 Å². The molecule has 0 radical (unpaired) electrons. The summed E-state index contributed by atoms with van der Waals surface area (Å²) in [5.74, 6) is 0.304. The van der Waals surface area contributed by atoms with Crippen LogP contribution in [-0.2, 0) is 4.74 Å². The van der Waals surface area contributed by atoms with Gasteiger partial charge in [-0.1, -0.05) is 19.0 Å². The Labute approximate surface area is 110 Å². The first kappa shape index (κ1) is 15.2. The van der Waals surface area contributed by atoms with E-state index < -0.39 is 0 Å². The second-order valence-corrected chi connectivity index (χ2v) is 5.74. The summed E-state index contributed by atoms with van der Waals surface area (Å²) in [5.41, 5.74) is 5.41. The summed E-state index contributed by atoms with van der Waals surface area (Å²) in [4.78, 5) is 0. The molecule has 0 bridgehead atoms. The Morgan fingerprint density at radius 3 is 2.83 bits per heavy atom. The molecule has 4 N–H and O–H groups in total. The topological polar surface area (TPSA) is 79.9 Å². The first-order valence-electron chi connectivity index (χ1n) is 6.75. The molecule has 1 saturated carbocycles. The van der Waals surface area contributed by atoms with Crippen LogP contribution >= 0.6 is 0 Å². The van der Waals surface area contributed by atoms with Crippen molar-refractivity contribution in [1.29, 1.82) is 0 Å². The standard InChI is InChI=1S/C13H27N3O2/c1-13(2,12(14)16-17)8-5-9-15-10-6-4-7-11(10)18-3/h10-11,15,17H,4-9H2,1-3H3,(H2,14,16). The van der Waals surface area contributed by atoms with Crippen LogP contribution in [0.5, 0.6) is 0 Å². The zero-order chi connectivity index (χ0) is 13.6. The highest BCUT2D eigenvalue weighted by atomic mass is 16.5. The van der Waals surface area contributed by atoms with Gasteiger partial charge in [0.2, 0.25) is 0 Å². The number of nitrogens with two attached hydrogens (primary N) is 1. The average Bonchev–Trinajstić information content (AvgIpc) is 2.80. The summed E-state index contributed by atoms with van der Waals surface area (Å²) in [6.45, 7) is 4.94. The molecule has 5 heteroatoms. The summed E-state index contributed by atoms with van der Waals surface area (Å²) in [6.07, 6.45) is 5.87. The first-order valence-corrected chi connectivity index (χ1v) is 6.75. The van der Waals surface area contributed by atoms with Crippen LogP contribution < -0.4 is 11.1 Å². The Morgan fingerprint density at radius 1 is 1.50 bits per heavy atom. The minimum absolute atomic E-state index is 0.243. The highest BCUT2D eigenvalue weighted by molar-refractivity contribution is 5.85. The smallest absolute Gasteiger partial charge is 0.144 e. The zero-order valence-electron chi connectivity index (χ0n) is 11.8. The predicted molar refractivity (Wildman–Crippen MR) is 72.9 cm³/mol. The molecule has 18 heavy (non-hydrogen) atoms. The van der Waals surface area contributed by atoms with E-state index in [0.717, 1.165) is 25.8 Å². The van der Waals surface area contributed by atoms with Crippen LogP contribution in [-0.4, -0.2) is 36.8 Å². The molecule has 5 nitrogen and oxygen atoms in total. The number of nitrogens with one attached hydrogen (secondary N) is 1. The summed E-state index contributed by atoms with van der Waals surface area (Å²) in [7, 11) is 1.78. The summed E-state index contributed by atoms with van der Waals surface area (Å²) in [6, 6.07) is 0.488. The lowest BCUT2D eigenvalue weighted by atomic mass is 9.86. The lowest BCUT2D eigenvalue weighted by Crippen LogP contribution is -2.38. The molecule has 1 rings (SSSR count).